The first-order valence-electron chi connectivity index (χ1n) is 5.31. The van der Waals surface area contributed by atoms with Gasteiger partial charge < -0.3 is 10.4 Å². The molecule has 1 aromatic rings. The molecule has 0 aliphatic carbocycles. The molecule has 5 nitrogen and oxygen atoms in total. The molecule has 0 radical (unpaired) electrons. The third-order valence-corrected chi connectivity index (χ3v) is 2.65. The first kappa shape index (κ1) is 15.1. The number of nitrogens with one attached hydrogen (secondary N) is 1. The van der Waals surface area contributed by atoms with Crippen LogP contribution in [-0.2, 0) is 9.59 Å². The third-order valence-electron chi connectivity index (χ3n) is 2.32. The summed E-state index contributed by atoms with van der Waals surface area (Å²) in [6, 6.07) is 4.64. The van der Waals surface area contributed by atoms with E-state index in [1.807, 2.05) is 0 Å². The molecule has 1 aromatic carbocycles. The van der Waals surface area contributed by atoms with Crippen LogP contribution < -0.4 is 5.32 Å². The van der Waals surface area contributed by atoms with Crippen LogP contribution >= 0.6 is 11.6 Å². The van der Waals surface area contributed by atoms with E-state index in [0.29, 0.717) is 0 Å². The summed E-state index contributed by atoms with van der Waals surface area (Å²) in [5.41, 5.74) is 0.0891. The number of carboxylic acid groups (broad SMARTS) is 1. The second kappa shape index (κ2) is 6.84. The van der Waals surface area contributed by atoms with Crippen LogP contribution in [0.25, 0.3) is 0 Å². The maximum Gasteiger partial charge on any atom is 0.305 e. The van der Waals surface area contributed by atoms with Crippen molar-refractivity contribution in [3.63, 3.8) is 0 Å². The summed E-state index contributed by atoms with van der Waals surface area (Å²) >= 11 is 5.79. The van der Waals surface area contributed by atoms with Gasteiger partial charge in [-0.25, -0.2) is 4.39 Å². The molecule has 1 amide bonds. The van der Waals surface area contributed by atoms with Crippen LogP contribution in [0, 0.1) is 0 Å². The molecular formula is C12H11ClFNO4. The molecule has 1 rings (SSSR count). The zero-order valence-corrected chi connectivity index (χ0v) is 10.5. The molecule has 0 aromatic heterocycles. The van der Waals surface area contributed by atoms with Crippen LogP contribution in [0.2, 0.25) is 5.02 Å². The average molecular weight is 288 g/mol. The van der Waals surface area contributed by atoms with E-state index in [1.165, 1.54) is 12.1 Å². The van der Waals surface area contributed by atoms with Gasteiger partial charge in [0.2, 0.25) is 0 Å². The average Bonchev–Trinajstić information content (AvgIpc) is 2.36. The van der Waals surface area contributed by atoms with E-state index in [4.69, 9.17) is 16.7 Å². The second-order valence-corrected chi connectivity index (χ2v) is 4.11. The Morgan fingerprint density at radius 2 is 1.95 bits per heavy atom. The molecule has 0 bridgehead atoms. The Kier molecular flexibility index (Phi) is 5.44. The topological polar surface area (TPSA) is 83.5 Å². The molecule has 102 valence electrons. The van der Waals surface area contributed by atoms with E-state index in [0.717, 1.165) is 0 Å². The fourth-order valence-corrected chi connectivity index (χ4v) is 1.62. The van der Waals surface area contributed by atoms with Gasteiger partial charge >= 0.3 is 5.97 Å². The number of ketones is 1. The Balaban J connectivity index is 2.85. The highest BCUT2D eigenvalue weighted by atomic mass is 35.5. The number of carbonyl (C=O) groups excluding carboxylic acids is 2. The van der Waals surface area contributed by atoms with Gasteiger partial charge in [0.1, 0.15) is 12.7 Å². The van der Waals surface area contributed by atoms with Gasteiger partial charge in [0.05, 0.1) is 17.0 Å². The normalized spacial score (nSPS) is 11.7. The van der Waals surface area contributed by atoms with Crippen molar-refractivity contribution in [1.82, 2.24) is 5.32 Å². The molecule has 0 saturated heterocycles. The number of halogens is 2. The Bertz CT molecular complexity index is 506. The highest BCUT2D eigenvalue weighted by Gasteiger charge is 2.24. The minimum absolute atomic E-state index is 0.0891. The minimum atomic E-state index is -1.41. The molecule has 0 aliphatic heterocycles. The SMILES string of the molecule is O=C(O)CC(NC(=O)c1ccccc1Cl)C(=O)CF. The Morgan fingerprint density at radius 3 is 2.47 bits per heavy atom. The number of rotatable bonds is 6. The van der Waals surface area contributed by atoms with E-state index >= 15 is 0 Å². The van der Waals surface area contributed by atoms with Crippen LogP contribution in [0.3, 0.4) is 0 Å². The summed E-state index contributed by atoms with van der Waals surface area (Å²) in [6.07, 6.45) is -0.682. The van der Waals surface area contributed by atoms with Crippen molar-refractivity contribution >= 4 is 29.3 Å². The number of Topliss-reactive ketones (excluding diaryl/α,β-unsaturated/α-hetero) is 1. The monoisotopic (exact) mass is 287 g/mol. The molecule has 0 aliphatic rings. The number of carboxylic acids is 1. The predicted molar refractivity (Wildman–Crippen MR) is 65.9 cm³/mol. The molecule has 1 unspecified atom stereocenters. The molecule has 0 heterocycles. The highest BCUT2D eigenvalue weighted by molar-refractivity contribution is 6.33. The van der Waals surface area contributed by atoms with Crippen LogP contribution in [0.15, 0.2) is 24.3 Å². The second-order valence-electron chi connectivity index (χ2n) is 3.70. The third kappa shape index (κ3) is 4.33. The first-order valence-corrected chi connectivity index (χ1v) is 5.69. The molecule has 0 fully saturated rings. The van der Waals surface area contributed by atoms with Crippen molar-refractivity contribution in [1.29, 1.82) is 0 Å². The number of alkyl halides is 1. The fourth-order valence-electron chi connectivity index (χ4n) is 1.39. The molecule has 7 heteroatoms. The van der Waals surface area contributed by atoms with E-state index in [1.54, 1.807) is 12.1 Å². The Morgan fingerprint density at radius 1 is 1.32 bits per heavy atom. The predicted octanol–water partition coefficient (Wildman–Crippen LogP) is 1.45. The largest absolute Gasteiger partial charge is 0.481 e. The molecule has 0 spiro atoms. The van der Waals surface area contributed by atoms with Crippen LogP contribution in [-0.4, -0.2) is 35.5 Å². The van der Waals surface area contributed by atoms with Crippen molar-refractivity contribution in [3.05, 3.63) is 34.9 Å². The van der Waals surface area contributed by atoms with Gasteiger partial charge in [0.25, 0.3) is 5.91 Å². The van der Waals surface area contributed by atoms with Crippen molar-refractivity contribution < 1.29 is 23.9 Å². The number of amides is 1. The zero-order chi connectivity index (χ0) is 14.4. The van der Waals surface area contributed by atoms with Crippen LogP contribution in [0.5, 0.6) is 0 Å². The van der Waals surface area contributed by atoms with Crippen molar-refractivity contribution in [3.8, 4) is 0 Å². The molecule has 1 atom stereocenters. The van der Waals surface area contributed by atoms with Gasteiger partial charge in [-0.15, -0.1) is 0 Å². The standard InChI is InChI=1S/C12H11ClFNO4/c13-8-4-2-1-3-7(8)12(19)15-9(5-11(17)18)10(16)6-14/h1-4,9H,5-6H2,(H,15,19)(H,17,18). The number of carbonyl (C=O) groups is 3. The molecule has 0 saturated carbocycles. The van der Waals surface area contributed by atoms with E-state index in [9.17, 15) is 18.8 Å². The summed E-state index contributed by atoms with van der Waals surface area (Å²) in [4.78, 5) is 33.6. The zero-order valence-electron chi connectivity index (χ0n) is 9.73. The van der Waals surface area contributed by atoms with Crippen molar-refractivity contribution in [2.45, 2.75) is 12.5 Å². The number of hydrogen-bond acceptors (Lipinski definition) is 3. The van der Waals surface area contributed by atoms with E-state index < -0.39 is 36.8 Å². The Hall–Kier alpha value is -1.95. The molecule has 19 heavy (non-hydrogen) atoms. The van der Waals surface area contributed by atoms with Gasteiger partial charge in [-0.1, -0.05) is 23.7 Å². The first-order chi connectivity index (χ1) is 8.95. The smallest absolute Gasteiger partial charge is 0.305 e. The van der Waals surface area contributed by atoms with Crippen molar-refractivity contribution in [2.75, 3.05) is 6.67 Å². The van der Waals surface area contributed by atoms with Gasteiger partial charge in [-0.05, 0) is 12.1 Å². The lowest BCUT2D eigenvalue weighted by molar-refractivity contribution is -0.139. The maximum atomic E-state index is 12.3. The number of benzene rings is 1. The van der Waals surface area contributed by atoms with Crippen LogP contribution in [0.4, 0.5) is 4.39 Å². The molecule has 2 N–H and O–H groups in total. The van der Waals surface area contributed by atoms with Gasteiger partial charge in [-0.2, -0.15) is 0 Å². The summed E-state index contributed by atoms with van der Waals surface area (Å²) in [5, 5.41) is 10.9. The molecular weight excluding hydrogens is 277 g/mol. The number of hydrogen-bond donors (Lipinski definition) is 2. The van der Waals surface area contributed by atoms with E-state index in [2.05, 4.69) is 5.32 Å². The summed E-state index contributed by atoms with van der Waals surface area (Å²) in [7, 11) is 0. The minimum Gasteiger partial charge on any atom is -0.481 e. The quantitative estimate of drug-likeness (QED) is 0.829. The lowest BCUT2D eigenvalue weighted by Gasteiger charge is -2.14. The number of aliphatic carboxylic acids is 1. The fraction of sp³-hybridized carbons (Fsp3) is 0.250. The lowest BCUT2D eigenvalue weighted by Crippen LogP contribution is -2.43. The van der Waals surface area contributed by atoms with Crippen molar-refractivity contribution in [2.24, 2.45) is 0 Å². The summed E-state index contributed by atoms with van der Waals surface area (Å²) in [5.74, 6) is -3.03. The van der Waals surface area contributed by atoms with Gasteiger partial charge in [0.15, 0.2) is 5.78 Å². The summed E-state index contributed by atoms with van der Waals surface area (Å²) < 4.78 is 12.3. The van der Waals surface area contributed by atoms with E-state index in [-0.39, 0.29) is 10.6 Å². The highest BCUT2D eigenvalue weighted by Crippen LogP contribution is 2.15. The van der Waals surface area contributed by atoms with Crippen LogP contribution in [0.1, 0.15) is 16.8 Å². The van der Waals surface area contributed by atoms with Gasteiger partial charge in [-0.3, -0.25) is 14.4 Å². The van der Waals surface area contributed by atoms with Gasteiger partial charge in [0, 0.05) is 0 Å². The lowest BCUT2D eigenvalue weighted by atomic mass is 10.1. The summed E-state index contributed by atoms with van der Waals surface area (Å²) in [6.45, 7) is -1.35. The maximum absolute atomic E-state index is 12.3. The Labute approximate surface area is 113 Å².